The van der Waals surface area contributed by atoms with Crippen LogP contribution >= 0.6 is 27.7 Å². The molecule has 2 rings (SSSR count). The molecule has 0 aliphatic heterocycles. The number of hydrogen-bond acceptors (Lipinski definition) is 2. The SMILES string of the molecule is CSC1CCCC(NC(=O)c2cc(C)cc(Br)c2)C1. The largest absolute Gasteiger partial charge is 0.349 e. The van der Waals surface area contributed by atoms with Gasteiger partial charge in [0.1, 0.15) is 0 Å². The molecule has 0 spiro atoms. The summed E-state index contributed by atoms with van der Waals surface area (Å²) < 4.78 is 0.961. The van der Waals surface area contributed by atoms with Gasteiger partial charge in [-0.3, -0.25) is 4.79 Å². The lowest BCUT2D eigenvalue weighted by atomic mass is 9.94. The molecule has 1 fully saturated rings. The summed E-state index contributed by atoms with van der Waals surface area (Å²) in [4.78, 5) is 12.3. The van der Waals surface area contributed by atoms with Crippen molar-refractivity contribution in [3.05, 3.63) is 33.8 Å². The van der Waals surface area contributed by atoms with E-state index < -0.39 is 0 Å². The Morgan fingerprint density at radius 2 is 2.16 bits per heavy atom. The van der Waals surface area contributed by atoms with Gasteiger partial charge in [-0.2, -0.15) is 11.8 Å². The molecule has 2 atom stereocenters. The zero-order chi connectivity index (χ0) is 13.8. The van der Waals surface area contributed by atoms with Gasteiger partial charge in [-0.05, 0) is 56.2 Å². The van der Waals surface area contributed by atoms with E-state index in [0.29, 0.717) is 11.3 Å². The third kappa shape index (κ3) is 4.25. The van der Waals surface area contributed by atoms with Crippen LogP contribution in [0, 0.1) is 6.92 Å². The monoisotopic (exact) mass is 341 g/mol. The van der Waals surface area contributed by atoms with Crippen molar-refractivity contribution in [2.45, 2.75) is 43.9 Å². The predicted molar refractivity (Wildman–Crippen MR) is 85.9 cm³/mol. The maximum absolute atomic E-state index is 12.3. The molecule has 1 aliphatic carbocycles. The topological polar surface area (TPSA) is 29.1 Å². The summed E-state index contributed by atoms with van der Waals surface area (Å²) in [5.74, 6) is 0.0520. The van der Waals surface area contributed by atoms with E-state index in [1.54, 1.807) is 0 Å². The Morgan fingerprint density at radius 1 is 1.37 bits per heavy atom. The molecule has 2 nitrogen and oxygen atoms in total. The fraction of sp³-hybridized carbons (Fsp3) is 0.533. The first-order chi connectivity index (χ1) is 9.08. The Balaban J connectivity index is 2.00. The maximum Gasteiger partial charge on any atom is 0.251 e. The summed E-state index contributed by atoms with van der Waals surface area (Å²) >= 11 is 5.36. The van der Waals surface area contributed by atoms with Crippen molar-refractivity contribution in [1.82, 2.24) is 5.32 Å². The van der Waals surface area contributed by atoms with Gasteiger partial charge in [0.15, 0.2) is 0 Å². The Morgan fingerprint density at radius 3 is 2.84 bits per heavy atom. The summed E-state index contributed by atoms with van der Waals surface area (Å²) in [5.41, 5.74) is 1.85. The van der Waals surface area contributed by atoms with Crippen molar-refractivity contribution in [2.75, 3.05) is 6.26 Å². The first kappa shape index (κ1) is 14.9. The fourth-order valence-electron chi connectivity index (χ4n) is 2.63. The van der Waals surface area contributed by atoms with Crippen molar-refractivity contribution in [2.24, 2.45) is 0 Å². The van der Waals surface area contributed by atoms with Gasteiger partial charge < -0.3 is 5.32 Å². The van der Waals surface area contributed by atoms with E-state index in [9.17, 15) is 4.79 Å². The van der Waals surface area contributed by atoms with Crippen molar-refractivity contribution >= 4 is 33.6 Å². The minimum atomic E-state index is 0.0520. The number of thioether (sulfide) groups is 1. The van der Waals surface area contributed by atoms with E-state index in [1.165, 1.54) is 12.8 Å². The molecule has 4 heteroatoms. The number of amides is 1. The average molecular weight is 342 g/mol. The lowest BCUT2D eigenvalue weighted by Crippen LogP contribution is -2.39. The summed E-state index contributed by atoms with van der Waals surface area (Å²) in [5, 5.41) is 3.88. The van der Waals surface area contributed by atoms with Crippen LogP contribution in [0.15, 0.2) is 22.7 Å². The lowest BCUT2D eigenvalue weighted by molar-refractivity contribution is 0.0928. The fourth-order valence-corrected chi connectivity index (χ4v) is 4.06. The maximum atomic E-state index is 12.3. The first-order valence-corrected chi connectivity index (χ1v) is 8.77. The number of hydrogen-bond donors (Lipinski definition) is 1. The highest BCUT2D eigenvalue weighted by Gasteiger charge is 2.23. The van der Waals surface area contributed by atoms with Crippen LogP contribution < -0.4 is 5.32 Å². The Bertz CT molecular complexity index is 443. The molecule has 1 saturated carbocycles. The highest BCUT2D eigenvalue weighted by molar-refractivity contribution is 9.10. The first-order valence-electron chi connectivity index (χ1n) is 6.69. The van der Waals surface area contributed by atoms with E-state index in [-0.39, 0.29) is 5.91 Å². The molecule has 1 aromatic carbocycles. The van der Waals surface area contributed by atoms with Gasteiger partial charge in [0.05, 0.1) is 0 Å². The van der Waals surface area contributed by atoms with Crippen molar-refractivity contribution < 1.29 is 4.79 Å². The van der Waals surface area contributed by atoms with E-state index in [4.69, 9.17) is 0 Å². The molecule has 1 aliphatic rings. The van der Waals surface area contributed by atoms with Crippen molar-refractivity contribution in [3.8, 4) is 0 Å². The minimum Gasteiger partial charge on any atom is -0.349 e. The van der Waals surface area contributed by atoms with Crippen molar-refractivity contribution in [1.29, 1.82) is 0 Å². The standard InChI is InChI=1S/C15H20BrNOS/c1-10-6-11(8-12(16)7-10)15(18)17-13-4-3-5-14(9-13)19-2/h6-8,13-14H,3-5,9H2,1-2H3,(H,17,18). The number of carbonyl (C=O) groups excluding carboxylic acids is 1. The Hall–Kier alpha value is -0.480. The number of aryl methyl sites for hydroxylation is 1. The summed E-state index contributed by atoms with van der Waals surface area (Å²) in [6, 6.07) is 6.17. The molecule has 0 bridgehead atoms. The highest BCUT2D eigenvalue weighted by Crippen LogP contribution is 2.27. The van der Waals surface area contributed by atoms with E-state index in [1.807, 2.05) is 36.9 Å². The number of nitrogens with one attached hydrogen (secondary N) is 1. The van der Waals surface area contributed by atoms with Gasteiger partial charge in [-0.25, -0.2) is 0 Å². The molecular weight excluding hydrogens is 322 g/mol. The van der Waals surface area contributed by atoms with Gasteiger partial charge in [-0.15, -0.1) is 0 Å². The molecule has 0 saturated heterocycles. The van der Waals surface area contributed by atoms with Gasteiger partial charge in [0.2, 0.25) is 0 Å². The summed E-state index contributed by atoms with van der Waals surface area (Å²) in [6.07, 6.45) is 6.86. The molecule has 2 unspecified atom stereocenters. The van der Waals surface area contributed by atoms with Gasteiger partial charge in [-0.1, -0.05) is 22.4 Å². The van der Waals surface area contributed by atoms with Crippen LogP contribution in [-0.2, 0) is 0 Å². The van der Waals surface area contributed by atoms with Crippen molar-refractivity contribution in [3.63, 3.8) is 0 Å². The number of carbonyl (C=O) groups is 1. The van der Waals surface area contributed by atoms with Crippen LogP contribution in [0.5, 0.6) is 0 Å². The summed E-state index contributed by atoms with van der Waals surface area (Å²) in [6.45, 7) is 2.01. The molecular formula is C15H20BrNOS. The predicted octanol–water partition coefficient (Wildman–Crippen LogP) is 4.16. The van der Waals surface area contributed by atoms with Crippen LogP contribution in [0.3, 0.4) is 0 Å². The molecule has 1 amide bonds. The normalized spacial score (nSPS) is 23.1. The zero-order valence-electron chi connectivity index (χ0n) is 11.4. The minimum absolute atomic E-state index is 0.0520. The van der Waals surface area contributed by atoms with Gasteiger partial charge >= 0.3 is 0 Å². The van der Waals surface area contributed by atoms with Crippen LogP contribution in [-0.4, -0.2) is 23.5 Å². The van der Waals surface area contributed by atoms with E-state index in [0.717, 1.165) is 28.4 Å². The summed E-state index contributed by atoms with van der Waals surface area (Å²) in [7, 11) is 0. The molecule has 0 radical (unpaired) electrons. The van der Waals surface area contributed by atoms with Crippen LogP contribution in [0.25, 0.3) is 0 Å². The number of halogens is 1. The molecule has 1 N–H and O–H groups in total. The lowest BCUT2D eigenvalue weighted by Gasteiger charge is -2.28. The molecule has 1 aromatic rings. The number of rotatable bonds is 3. The van der Waals surface area contributed by atoms with E-state index in [2.05, 4.69) is 27.5 Å². The van der Waals surface area contributed by atoms with Gasteiger partial charge in [0, 0.05) is 21.3 Å². The Kier molecular flexibility index (Phi) is 5.34. The quantitative estimate of drug-likeness (QED) is 0.894. The number of benzene rings is 1. The smallest absolute Gasteiger partial charge is 0.251 e. The zero-order valence-corrected chi connectivity index (χ0v) is 13.8. The van der Waals surface area contributed by atoms with Crippen LogP contribution in [0.1, 0.15) is 41.6 Å². The Labute approximate surface area is 127 Å². The second-order valence-electron chi connectivity index (χ2n) is 5.21. The molecule has 0 aromatic heterocycles. The van der Waals surface area contributed by atoms with E-state index >= 15 is 0 Å². The third-order valence-corrected chi connectivity index (χ3v) is 5.15. The third-order valence-electron chi connectivity index (χ3n) is 3.60. The molecule has 0 heterocycles. The van der Waals surface area contributed by atoms with Crippen LogP contribution in [0.4, 0.5) is 0 Å². The van der Waals surface area contributed by atoms with Crippen LogP contribution in [0.2, 0.25) is 0 Å². The van der Waals surface area contributed by atoms with Gasteiger partial charge in [0.25, 0.3) is 5.91 Å². The second-order valence-corrected chi connectivity index (χ2v) is 7.27. The average Bonchev–Trinajstić information content (AvgIpc) is 2.37. The molecule has 104 valence electrons. The highest BCUT2D eigenvalue weighted by atomic mass is 79.9. The molecule has 19 heavy (non-hydrogen) atoms. The second kappa shape index (κ2) is 6.80.